The number of hydrogen-bond donors (Lipinski definition) is 0. The fourth-order valence-corrected chi connectivity index (χ4v) is 5.11. The van der Waals surface area contributed by atoms with E-state index in [2.05, 4.69) is 96.3 Å². The molecular weight excluding hydrogens is 596 g/mol. The Labute approximate surface area is 254 Å². The Morgan fingerprint density at radius 1 is 0.474 bits per heavy atom. The molecule has 0 fully saturated rings. The molecule has 0 radical (unpaired) electrons. The average Bonchev–Trinajstić information content (AvgIpc) is 2.91. The Morgan fingerprint density at radius 2 is 0.921 bits per heavy atom. The van der Waals surface area contributed by atoms with Gasteiger partial charge in [-0.1, -0.05) is 51.0 Å². The molecule has 210 valence electrons. The van der Waals surface area contributed by atoms with Crippen molar-refractivity contribution in [3.8, 4) is 0 Å². The summed E-state index contributed by atoms with van der Waals surface area (Å²) in [4.78, 5) is 0. The van der Waals surface area contributed by atoms with Crippen LogP contribution in [0, 0.1) is 0 Å². The number of unbranched alkanes of at least 4 members (excludes halogenated alkanes) is 6. The Balaban J connectivity index is 0.00000361. The van der Waals surface area contributed by atoms with Crippen molar-refractivity contribution < 1.29 is 43.1 Å². The van der Waals surface area contributed by atoms with Crippen molar-refractivity contribution in [3.05, 3.63) is 95.6 Å². The van der Waals surface area contributed by atoms with E-state index in [1.54, 1.807) is 11.1 Å². The van der Waals surface area contributed by atoms with Crippen LogP contribution in [-0.4, -0.2) is 0 Å². The molecule has 0 aliphatic carbocycles. The number of pyridine rings is 2. The molecule has 0 saturated heterocycles. The van der Waals surface area contributed by atoms with Gasteiger partial charge in [0.25, 0.3) is 0 Å². The summed E-state index contributed by atoms with van der Waals surface area (Å²) >= 11 is 0. The molecule has 0 atom stereocenters. The van der Waals surface area contributed by atoms with E-state index in [9.17, 15) is 0 Å². The third-order valence-electron chi connectivity index (χ3n) is 7.32. The summed E-state index contributed by atoms with van der Waals surface area (Å²) in [5.74, 6) is 0. The van der Waals surface area contributed by atoms with Gasteiger partial charge in [-0.25, -0.2) is 9.13 Å². The molecule has 0 saturated carbocycles. The highest BCUT2D eigenvalue weighted by molar-refractivity contribution is 5.27. The molecule has 0 unspecified atom stereocenters. The first-order chi connectivity index (χ1) is 17.8. The number of aromatic nitrogens is 2. The fraction of sp³-hybridized carbons (Fsp3) is 0.529. The summed E-state index contributed by atoms with van der Waals surface area (Å²) < 4.78 is 4.78. The number of benzene rings is 1. The van der Waals surface area contributed by atoms with Gasteiger partial charge in [0, 0.05) is 36.1 Å². The number of hydrogen-bond acceptors (Lipinski definition) is 0. The van der Waals surface area contributed by atoms with E-state index in [-0.39, 0.29) is 34.0 Å². The van der Waals surface area contributed by atoms with Crippen molar-refractivity contribution in [1.82, 2.24) is 0 Å². The monoisotopic (exact) mass is 644 g/mol. The second kappa shape index (κ2) is 21.3. The van der Waals surface area contributed by atoms with Crippen LogP contribution in [0.3, 0.4) is 0 Å². The highest BCUT2D eigenvalue weighted by Gasteiger charge is 2.06. The van der Waals surface area contributed by atoms with E-state index in [1.165, 1.54) is 101 Å². The maximum absolute atomic E-state index is 2.39. The normalized spacial score (nSPS) is 10.6. The molecule has 0 N–H and O–H groups in total. The van der Waals surface area contributed by atoms with E-state index < -0.39 is 0 Å². The van der Waals surface area contributed by atoms with Gasteiger partial charge in [0.05, 0.1) is 0 Å². The molecule has 3 aromatic rings. The van der Waals surface area contributed by atoms with Crippen LogP contribution in [0.5, 0.6) is 0 Å². The van der Waals surface area contributed by atoms with Gasteiger partial charge in [-0.15, -0.1) is 0 Å². The topological polar surface area (TPSA) is 7.76 Å². The minimum absolute atomic E-state index is 0. The SMILES string of the molecule is CCCCc1ccc[n+](CCCCCc2ccccc2CCCCC[n+]2cccc(CCCC)c2)c1.[Br-].[Br-]. The smallest absolute Gasteiger partial charge is 0.171 e. The number of rotatable bonds is 18. The van der Waals surface area contributed by atoms with Gasteiger partial charge in [-0.05, 0) is 87.5 Å². The lowest BCUT2D eigenvalue weighted by atomic mass is 9.97. The molecule has 0 aliphatic rings. The lowest BCUT2D eigenvalue weighted by molar-refractivity contribution is -0.697. The first-order valence-electron chi connectivity index (χ1n) is 14.8. The highest BCUT2D eigenvalue weighted by Crippen LogP contribution is 2.16. The number of aryl methyl sites for hydroxylation is 6. The molecule has 0 bridgehead atoms. The summed E-state index contributed by atoms with van der Waals surface area (Å²) in [6.45, 7) is 6.82. The van der Waals surface area contributed by atoms with Gasteiger partial charge in [0.15, 0.2) is 24.8 Å². The van der Waals surface area contributed by atoms with E-state index in [0.29, 0.717) is 0 Å². The first kappa shape index (κ1) is 34.5. The van der Waals surface area contributed by atoms with Gasteiger partial charge in [-0.2, -0.15) is 0 Å². The highest BCUT2D eigenvalue weighted by atomic mass is 79.9. The van der Waals surface area contributed by atoms with Crippen LogP contribution in [0.15, 0.2) is 73.3 Å². The Morgan fingerprint density at radius 3 is 1.34 bits per heavy atom. The summed E-state index contributed by atoms with van der Waals surface area (Å²) in [6, 6.07) is 18.1. The lowest BCUT2D eigenvalue weighted by Gasteiger charge is -2.09. The van der Waals surface area contributed by atoms with Crippen molar-refractivity contribution in [3.63, 3.8) is 0 Å². The summed E-state index contributed by atoms with van der Waals surface area (Å²) in [5, 5.41) is 0. The second-order valence-electron chi connectivity index (χ2n) is 10.5. The van der Waals surface area contributed by atoms with Crippen LogP contribution in [0.2, 0.25) is 0 Å². The van der Waals surface area contributed by atoms with Crippen molar-refractivity contribution in [2.75, 3.05) is 0 Å². The van der Waals surface area contributed by atoms with Gasteiger partial charge in [-0.3, -0.25) is 0 Å². The Kier molecular flexibility index (Phi) is 19.4. The van der Waals surface area contributed by atoms with Crippen molar-refractivity contribution in [2.24, 2.45) is 0 Å². The zero-order valence-corrected chi connectivity index (χ0v) is 27.1. The molecule has 2 aromatic heterocycles. The predicted molar refractivity (Wildman–Crippen MR) is 152 cm³/mol. The van der Waals surface area contributed by atoms with Crippen LogP contribution in [0.25, 0.3) is 0 Å². The first-order valence-corrected chi connectivity index (χ1v) is 14.8. The molecular formula is C34H50Br2N2. The maximum Gasteiger partial charge on any atom is 0.171 e. The Hall–Kier alpha value is -1.52. The largest absolute Gasteiger partial charge is 1.00 e. The standard InChI is InChI=1S/C34H50N2.2BrH/c1-3-5-17-31-19-15-27-35(29-31)25-13-7-9-21-33-23-11-12-24-34(33)22-10-8-14-26-36-28-16-20-32(30-36)18-6-4-2;;/h11-12,15-16,19-20,23-24,27-30H,3-10,13-14,17-18,21-22,25-26H2,1-2H3;2*1H/q+2;;/p-2. The second-order valence-corrected chi connectivity index (χ2v) is 10.5. The molecule has 2 nitrogen and oxygen atoms in total. The number of nitrogens with zero attached hydrogens (tertiary/aromatic N) is 2. The quantitative estimate of drug-likeness (QED) is 0.147. The van der Waals surface area contributed by atoms with Crippen LogP contribution >= 0.6 is 0 Å². The van der Waals surface area contributed by atoms with E-state index in [0.717, 1.165) is 13.1 Å². The van der Waals surface area contributed by atoms with E-state index in [1.807, 2.05) is 0 Å². The van der Waals surface area contributed by atoms with Crippen LogP contribution in [-0.2, 0) is 38.8 Å². The zero-order valence-electron chi connectivity index (χ0n) is 23.9. The van der Waals surface area contributed by atoms with Crippen molar-refractivity contribution in [2.45, 2.75) is 117 Å². The predicted octanol–water partition coefficient (Wildman–Crippen LogP) is 1.78. The molecule has 0 spiro atoms. The average molecular weight is 647 g/mol. The summed E-state index contributed by atoms with van der Waals surface area (Å²) in [6.07, 6.45) is 26.8. The van der Waals surface area contributed by atoms with E-state index in [4.69, 9.17) is 0 Å². The third kappa shape index (κ3) is 13.5. The van der Waals surface area contributed by atoms with Gasteiger partial charge >= 0.3 is 0 Å². The van der Waals surface area contributed by atoms with E-state index >= 15 is 0 Å². The van der Waals surface area contributed by atoms with Crippen LogP contribution < -0.4 is 43.1 Å². The third-order valence-corrected chi connectivity index (χ3v) is 7.32. The molecule has 0 aliphatic heterocycles. The number of halogens is 2. The zero-order chi connectivity index (χ0) is 25.3. The molecule has 38 heavy (non-hydrogen) atoms. The maximum atomic E-state index is 2.39. The fourth-order valence-electron chi connectivity index (χ4n) is 5.11. The molecule has 3 rings (SSSR count). The molecule has 4 heteroatoms. The van der Waals surface area contributed by atoms with Gasteiger partial charge in [0.2, 0.25) is 0 Å². The lowest BCUT2D eigenvalue weighted by Crippen LogP contribution is -3.00. The Bertz CT molecular complexity index is 925. The van der Waals surface area contributed by atoms with Crippen LogP contribution in [0.4, 0.5) is 0 Å². The van der Waals surface area contributed by atoms with Crippen molar-refractivity contribution >= 4 is 0 Å². The summed E-state index contributed by atoms with van der Waals surface area (Å²) in [7, 11) is 0. The van der Waals surface area contributed by atoms with Gasteiger partial charge < -0.3 is 34.0 Å². The van der Waals surface area contributed by atoms with Crippen molar-refractivity contribution in [1.29, 1.82) is 0 Å². The molecule has 0 amide bonds. The van der Waals surface area contributed by atoms with Gasteiger partial charge in [0.1, 0.15) is 13.1 Å². The summed E-state index contributed by atoms with van der Waals surface area (Å²) in [5.41, 5.74) is 6.11. The molecule has 1 aromatic carbocycles. The minimum atomic E-state index is 0. The minimum Gasteiger partial charge on any atom is -1.00 e. The molecule has 2 heterocycles. The van der Waals surface area contributed by atoms with Crippen LogP contribution in [0.1, 0.15) is 100 Å².